The SMILES string of the molecule is O[C@@H]1CCN(Cc2cccnc2)[C@H]1Cc1ccccc1. The molecule has 0 bridgehead atoms. The first-order chi connectivity index (χ1) is 9.83. The maximum Gasteiger partial charge on any atom is 0.0710 e. The summed E-state index contributed by atoms with van der Waals surface area (Å²) < 4.78 is 0. The van der Waals surface area contributed by atoms with E-state index in [0.29, 0.717) is 0 Å². The van der Waals surface area contributed by atoms with Gasteiger partial charge in [-0.1, -0.05) is 36.4 Å². The molecule has 3 heteroatoms. The number of pyridine rings is 1. The third-order valence-electron chi connectivity index (χ3n) is 4.02. The summed E-state index contributed by atoms with van der Waals surface area (Å²) in [5, 5.41) is 10.2. The van der Waals surface area contributed by atoms with E-state index in [4.69, 9.17) is 0 Å². The quantitative estimate of drug-likeness (QED) is 0.924. The summed E-state index contributed by atoms with van der Waals surface area (Å²) in [7, 11) is 0. The highest BCUT2D eigenvalue weighted by Crippen LogP contribution is 2.23. The van der Waals surface area contributed by atoms with E-state index in [-0.39, 0.29) is 12.1 Å². The smallest absolute Gasteiger partial charge is 0.0710 e. The molecule has 0 unspecified atom stereocenters. The van der Waals surface area contributed by atoms with Gasteiger partial charge < -0.3 is 5.11 Å². The highest BCUT2D eigenvalue weighted by Gasteiger charge is 2.32. The van der Waals surface area contributed by atoms with Crippen molar-refractivity contribution in [3.63, 3.8) is 0 Å². The van der Waals surface area contributed by atoms with Gasteiger partial charge in [0.25, 0.3) is 0 Å². The second-order valence-electron chi connectivity index (χ2n) is 5.44. The molecule has 1 aromatic heterocycles. The largest absolute Gasteiger partial charge is 0.391 e. The van der Waals surface area contributed by atoms with Crippen molar-refractivity contribution >= 4 is 0 Å². The number of aliphatic hydroxyl groups is 1. The molecule has 104 valence electrons. The van der Waals surface area contributed by atoms with Gasteiger partial charge in [-0.3, -0.25) is 9.88 Å². The number of likely N-dealkylation sites (tertiary alicyclic amines) is 1. The molecule has 1 aromatic carbocycles. The van der Waals surface area contributed by atoms with Crippen molar-refractivity contribution in [1.82, 2.24) is 9.88 Å². The first kappa shape index (κ1) is 13.3. The topological polar surface area (TPSA) is 36.4 Å². The molecule has 0 radical (unpaired) electrons. The third kappa shape index (κ3) is 3.06. The van der Waals surface area contributed by atoms with Crippen LogP contribution < -0.4 is 0 Å². The molecule has 0 saturated carbocycles. The van der Waals surface area contributed by atoms with Gasteiger partial charge in [0.2, 0.25) is 0 Å². The Morgan fingerprint density at radius 2 is 1.90 bits per heavy atom. The fourth-order valence-electron chi connectivity index (χ4n) is 2.94. The minimum Gasteiger partial charge on any atom is -0.391 e. The van der Waals surface area contributed by atoms with Crippen LogP contribution in [0.15, 0.2) is 54.9 Å². The lowest BCUT2D eigenvalue weighted by Gasteiger charge is -2.26. The maximum atomic E-state index is 10.2. The average molecular weight is 268 g/mol. The number of hydrogen-bond acceptors (Lipinski definition) is 3. The summed E-state index contributed by atoms with van der Waals surface area (Å²) in [6.45, 7) is 1.82. The number of aromatic nitrogens is 1. The van der Waals surface area contributed by atoms with Crippen LogP contribution in [0.1, 0.15) is 17.5 Å². The predicted octanol–water partition coefficient (Wildman–Crippen LogP) is 2.26. The zero-order valence-electron chi connectivity index (χ0n) is 11.5. The Labute approximate surface area is 119 Å². The molecule has 3 nitrogen and oxygen atoms in total. The lowest BCUT2D eigenvalue weighted by molar-refractivity contribution is 0.112. The first-order valence-electron chi connectivity index (χ1n) is 7.18. The fraction of sp³-hybridized carbons (Fsp3) is 0.353. The molecule has 2 heterocycles. The lowest BCUT2D eigenvalue weighted by Crippen LogP contribution is -2.36. The van der Waals surface area contributed by atoms with Crippen LogP contribution in [0, 0.1) is 0 Å². The van der Waals surface area contributed by atoms with Gasteiger partial charge in [0.15, 0.2) is 0 Å². The molecule has 1 aliphatic rings. The summed E-state index contributed by atoms with van der Waals surface area (Å²) in [6.07, 6.45) is 5.24. The Balaban J connectivity index is 1.70. The monoisotopic (exact) mass is 268 g/mol. The normalized spacial score (nSPS) is 23.1. The van der Waals surface area contributed by atoms with Crippen LogP contribution >= 0.6 is 0 Å². The Morgan fingerprint density at radius 1 is 1.10 bits per heavy atom. The molecule has 1 fully saturated rings. The van der Waals surface area contributed by atoms with E-state index in [1.807, 2.05) is 18.3 Å². The van der Waals surface area contributed by atoms with Crippen LogP contribution in [0.4, 0.5) is 0 Å². The molecule has 1 aliphatic heterocycles. The Kier molecular flexibility index (Phi) is 4.09. The minimum absolute atomic E-state index is 0.206. The Bertz CT molecular complexity index is 529. The Morgan fingerprint density at radius 3 is 2.65 bits per heavy atom. The molecule has 20 heavy (non-hydrogen) atoms. The van der Waals surface area contributed by atoms with Crippen LogP contribution in [-0.4, -0.2) is 33.7 Å². The highest BCUT2D eigenvalue weighted by atomic mass is 16.3. The van der Waals surface area contributed by atoms with Gasteiger partial charge in [-0.15, -0.1) is 0 Å². The summed E-state index contributed by atoms with van der Waals surface area (Å²) in [5.41, 5.74) is 2.49. The zero-order chi connectivity index (χ0) is 13.8. The van der Waals surface area contributed by atoms with Crippen LogP contribution in [0.3, 0.4) is 0 Å². The van der Waals surface area contributed by atoms with Gasteiger partial charge in [-0.05, 0) is 30.0 Å². The molecule has 0 amide bonds. The zero-order valence-corrected chi connectivity index (χ0v) is 11.5. The summed E-state index contributed by atoms with van der Waals surface area (Å²) in [5.74, 6) is 0. The van der Waals surface area contributed by atoms with Crippen molar-refractivity contribution in [2.45, 2.75) is 31.5 Å². The van der Waals surface area contributed by atoms with E-state index < -0.39 is 0 Å². The molecule has 0 aliphatic carbocycles. The fourth-order valence-corrected chi connectivity index (χ4v) is 2.94. The number of nitrogens with zero attached hydrogens (tertiary/aromatic N) is 2. The van der Waals surface area contributed by atoms with Crippen molar-refractivity contribution in [3.05, 3.63) is 66.0 Å². The molecule has 3 rings (SSSR count). The van der Waals surface area contributed by atoms with E-state index in [9.17, 15) is 5.11 Å². The summed E-state index contributed by atoms with van der Waals surface area (Å²) in [4.78, 5) is 6.54. The number of benzene rings is 1. The second kappa shape index (κ2) is 6.16. The van der Waals surface area contributed by atoms with Crippen LogP contribution in [-0.2, 0) is 13.0 Å². The van der Waals surface area contributed by atoms with Gasteiger partial charge in [0.1, 0.15) is 0 Å². The minimum atomic E-state index is -0.230. The van der Waals surface area contributed by atoms with Crippen molar-refractivity contribution in [1.29, 1.82) is 0 Å². The highest BCUT2D eigenvalue weighted by molar-refractivity contribution is 5.17. The molecule has 2 atom stereocenters. The van der Waals surface area contributed by atoms with E-state index >= 15 is 0 Å². The van der Waals surface area contributed by atoms with E-state index in [2.05, 4.69) is 40.2 Å². The molecule has 0 spiro atoms. The molecule has 2 aromatic rings. The summed E-state index contributed by atoms with van der Waals surface area (Å²) in [6, 6.07) is 14.7. The number of rotatable bonds is 4. The number of aliphatic hydroxyl groups excluding tert-OH is 1. The van der Waals surface area contributed by atoms with Crippen molar-refractivity contribution < 1.29 is 5.11 Å². The average Bonchev–Trinajstić information content (AvgIpc) is 2.83. The van der Waals surface area contributed by atoms with Gasteiger partial charge >= 0.3 is 0 Å². The van der Waals surface area contributed by atoms with Crippen molar-refractivity contribution in [2.75, 3.05) is 6.54 Å². The molecule has 1 saturated heterocycles. The van der Waals surface area contributed by atoms with Gasteiger partial charge in [-0.2, -0.15) is 0 Å². The summed E-state index contributed by atoms with van der Waals surface area (Å²) >= 11 is 0. The molecular formula is C17H20N2O. The Hall–Kier alpha value is -1.71. The lowest BCUT2D eigenvalue weighted by atomic mass is 10.0. The van der Waals surface area contributed by atoms with Crippen LogP contribution in [0.25, 0.3) is 0 Å². The van der Waals surface area contributed by atoms with E-state index in [0.717, 1.165) is 25.9 Å². The third-order valence-corrected chi connectivity index (χ3v) is 4.02. The van der Waals surface area contributed by atoms with Crippen LogP contribution in [0.2, 0.25) is 0 Å². The predicted molar refractivity (Wildman–Crippen MR) is 79.2 cm³/mol. The van der Waals surface area contributed by atoms with E-state index in [1.54, 1.807) is 6.20 Å². The van der Waals surface area contributed by atoms with E-state index in [1.165, 1.54) is 11.1 Å². The second-order valence-corrected chi connectivity index (χ2v) is 5.44. The van der Waals surface area contributed by atoms with Crippen LogP contribution in [0.5, 0.6) is 0 Å². The van der Waals surface area contributed by atoms with Gasteiger partial charge in [-0.25, -0.2) is 0 Å². The standard InChI is InChI=1S/C17H20N2O/c20-17-8-10-19(13-15-7-4-9-18-12-15)16(17)11-14-5-2-1-3-6-14/h1-7,9,12,16-17,20H,8,10-11,13H2/t16-,17+/m0/s1. The molecule has 1 N–H and O–H groups in total. The van der Waals surface area contributed by atoms with Crippen molar-refractivity contribution in [3.8, 4) is 0 Å². The first-order valence-corrected chi connectivity index (χ1v) is 7.18. The van der Waals surface area contributed by atoms with Gasteiger partial charge in [0, 0.05) is 31.5 Å². The number of hydrogen-bond donors (Lipinski definition) is 1. The molecular weight excluding hydrogens is 248 g/mol. The van der Waals surface area contributed by atoms with Gasteiger partial charge in [0.05, 0.1) is 6.10 Å². The maximum absolute atomic E-state index is 10.2. The van der Waals surface area contributed by atoms with Crippen molar-refractivity contribution in [2.24, 2.45) is 0 Å².